The molecule has 0 aromatic heterocycles. The number of likely N-dealkylation sites (N-methyl/N-ethyl adjacent to an activating group) is 2. The van der Waals surface area contributed by atoms with Crippen LogP contribution >= 0.6 is 0 Å². The van der Waals surface area contributed by atoms with Gasteiger partial charge in [0.15, 0.2) is 0 Å². The van der Waals surface area contributed by atoms with E-state index in [2.05, 4.69) is 47.9 Å². The van der Waals surface area contributed by atoms with Gasteiger partial charge in [0.25, 0.3) is 0 Å². The number of carbonyl (C=O) groups excluding carboxylic acids is 1. The fourth-order valence-electron chi connectivity index (χ4n) is 3.47. The standard InChI is InChI=1S/C20H27N3O/c1-3-21-12-14-22(15-13-21)16-20(24)23(4-2)19-11-7-9-17-8-5-6-10-18(17)19/h5-11H,3-4,12-16H2,1-2H3. The van der Waals surface area contributed by atoms with Crippen LogP contribution in [0.4, 0.5) is 5.69 Å². The molecular formula is C20H27N3O. The van der Waals surface area contributed by atoms with Crippen molar-refractivity contribution in [2.24, 2.45) is 0 Å². The van der Waals surface area contributed by atoms with E-state index in [0.29, 0.717) is 13.1 Å². The van der Waals surface area contributed by atoms with Gasteiger partial charge in [-0.25, -0.2) is 0 Å². The lowest BCUT2D eigenvalue weighted by atomic mass is 10.1. The predicted octanol–water partition coefficient (Wildman–Crippen LogP) is 2.83. The molecule has 1 aliphatic rings. The van der Waals surface area contributed by atoms with Crippen molar-refractivity contribution >= 4 is 22.4 Å². The van der Waals surface area contributed by atoms with Crippen LogP contribution in [0.3, 0.4) is 0 Å². The highest BCUT2D eigenvalue weighted by molar-refractivity contribution is 6.04. The fourth-order valence-corrected chi connectivity index (χ4v) is 3.47. The Balaban J connectivity index is 1.74. The van der Waals surface area contributed by atoms with Crippen molar-refractivity contribution in [1.82, 2.24) is 9.80 Å². The molecule has 2 aromatic carbocycles. The van der Waals surface area contributed by atoms with Gasteiger partial charge in [-0.3, -0.25) is 9.69 Å². The molecule has 3 rings (SSSR count). The SMILES string of the molecule is CCN1CCN(CC(=O)N(CC)c2cccc3ccccc23)CC1. The molecule has 1 heterocycles. The maximum Gasteiger partial charge on any atom is 0.241 e. The topological polar surface area (TPSA) is 26.8 Å². The van der Waals surface area contributed by atoms with Crippen LogP contribution in [-0.4, -0.2) is 61.5 Å². The van der Waals surface area contributed by atoms with Crippen LogP contribution in [-0.2, 0) is 4.79 Å². The van der Waals surface area contributed by atoms with Gasteiger partial charge in [-0.1, -0.05) is 43.3 Å². The van der Waals surface area contributed by atoms with Crippen LogP contribution < -0.4 is 4.90 Å². The van der Waals surface area contributed by atoms with E-state index in [-0.39, 0.29) is 5.91 Å². The Kier molecular flexibility index (Phi) is 5.48. The van der Waals surface area contributed by atoms with E-state index in [1.165, 1.54) is 5.39 Å². The van der Waals surface area contributed by atoms with E-state index in [4.69, 9.17) is 0 Å². The number of anilines is 1. The van der Waals surface area contributed by atoms with Crippen LogP contribution in [0.25, 0.3) is 10.8 Å². The third-order valence-corrected chi connectivity index (χ3v) is 4.95. The zero-order chi connectivity index (χ0) is 16.9. The Morgan fingerprint density at radius 1 is 0.958 bits per heavy atom. The van der Waals surface area contributed by atoms with Crippen molar-refractivity contribution in [3.05, 3.63) is 42.5 Å². The number of benzene rings is 2. The van der Waals surface area contributed by atoms with Crippen LogP contribution in [0.1, 0.15) is 13.8 Å². The molecule has 0 atom stereocenters. The van der Waals surface area contributed by atoms with Crippen molar-refractivity contribution in [3.8, 4) is 0 Å². The van der Waals surface area contributed by atoms with Crippen LogP contribution in [0, 0.1) is 0 Å². The highest BCUT2D eigenvalue weighted by Gasteiger charge is 2.22. The quantitative estimate of drug-likeness (QED) is 0.846. The van der Waals surface area contributed by atoms with Crippen molar-refractivity contribution in [3.63, 3.8) is 0 Å². The maximum absolute atomic E-state index is 12.9. The summed E-state index contributed by atoms with van der Waals surface area (Å²) in [6.45, 7) is 10.6. The Morgan fingerprint density at radius 3 is 2.33 bits per heavy atom. The summed E-state index contributed by atoms with van der Waals surface area (Å²) in [5, 5.41) is 2.32. The molecule has 4 heteroatoms. The first-order chi connectivity index (χ1) is 11.7. The highest BCUT2D eigenvalue weighted by Crippen LogP contribution is 2.26. The van der Waals surface area contributed by atoms with Crippen LogP contribution in [0.15, 0.2) is 42.5 Å². The molecule has 1 aliphatic heterocycles. The van der Waals surface area contributed by atoms with Gasteiger partial charge >= 0.3 is 0 Å². The molecule has 0 saturated carbocycles. The molecule has 128 valence electrons. The van der Waals surface area contributed by atoms with Gasteiger partial charge in [0.2, 0.25) is 5.91 Å². The number of piperazine rings is 1. The Labute approximate surface area is 144 Å². The summed E-state index contributed by atoms with van der Waals surface area (Å²) in [4.78, 5) is 19.5. The van der Waals surface area contributed by atoms with Crippen LogP contribution in [0.2, 0.25) is 0 Å². The van der Waals surface area contributed by atoms with Crippen molar-refractivity contribution in [1.29, 1.82) is 0 Å². The molecule has 0 radical (unpaired) electrons. The van der Waals surface area contributed by atoms with E-state index in [1.807, 2.05) is 23.1 Å². The van der Waals surface area contributed by atoms with Crippen molar-refractivity contribution < 1.29 is 4.79 Å². The third-order valence-electron chi connectivity index (χ3n) is 4.95. The Bertz CT molecular complexity index is 687. The van der Waals surface area contributed by atoms with E-state index >= 15 is 0 Å². The van der Waals surface area contributed by atoms with Gasteiger partial charge in [-0.2, -0.15) is 0 Å². The van der Waals surface area contributed by atoms with Gasteiger partial charge in [0.05, 0.1) is 12.2 Å². The zero-order valence-electron chi connectivity index (χ0n) is 14.7. The van der Waals surface area contributed by atoms with Gasteiger partial charge in [0, 0.05) is 38.1 Å². The summed E-state index contributed by atoms with van der Waals surface area (Å²) in [6.07, 6.45) is 0. The summed E-state index contributed by atoms with van der Waals surface area (Å²) >= 11 is 0. The molecule has 1 fully saturated rings. The van der Waals surface area contributed by atoms with E-state index in [1.54, 1.807) is 0 Å². The minimum atomic E-state index is 0.193. The normalized spacial score (nSPS) is 16.4. The van der Waals surface area contributed by atoms with Gasteiger partial charge in [-0.05, 0) is 24.9 Å². The second-order valence-electron chi connectivity index (χ2n) is 6.35. The molecule has 0 spiro atoms. The lowest BCUT2D eigenvalue weighted by Gasteiger charge is -2.34. The number of rotatable bonds is 5. The zero-order valence-corrected chi connectivity index (χ0v) is 14.7. The number of fused-ring (bicyclic) bond motifs is 1. The molecule has 0 N–H and O–H groups in total. The largest absolute Gasteiger partial charge is 0.311 e. The first-order valence-electron chi connectivity index (χ1n) is 8.95. The minimum Gasteiger partial charge on any atom is -0.311 e. The number of amides is 1. The number of carbonyl (C=O) groups is 1. The Hall–Kier alpha value is -1.91. The van der Waals surface area contributed by atoms with Gasteiger partial charge < -0.3 is 9.80 Å². The maximum atomic E-state index is 12.9. The second-order valence-corrected chi connectivity index (χ2v) is 6.35. The van der Waals surface area contributed by atoms with Gasteiger partial charge in [0.1, 0.15) is 0 Å². The number of nitrogens with zero attached hydrogens (tertiary/aromatic N) is 3. The minimum absolute atomic E-state index is 0.193. The summed E-state index contributed by atoms with van der Waals surface area (Å²) in [6, 6.07) is 14.5. The average molecular weight is 325 g/mol. The first kappa shape index (κ1) is 16.9. The van der Waals surface area contributed by atoms with E-state index in [9.17, 15) is 4.79 Å². The molecular weight excluding hydrogens is 298 g/mol. The number of hydrogen-bond acceptors (Lipinski definition) is 3. The molecule has 0 bridgehead atoms. The molecule has 0 unspecified atom stereocenters. The molecule has 4 nitrogen and oxygen atoms in total. The molecule has 0 aliphatic carbocycles. The third kappa shape index (κ3) is 3.60. The molecule has 1 saturated heterocycles. The summed E-state index contributed by atoms with van der Waals surface area (Å²) in [7, 11) is 0. The van der Waals surface area contributed by atoms with Crippen molar-refractivity contribution in [2.45, 2.75) is 13.8 Å². The first-order valence-corrected chi connectivity index (χ1v) is 8.95. The lowest BCUT2D eigenvalue weighted by Crippen LogP contribution is -2.50. The summed E-state index contributed by atoms with van der Waals surface area (Å²) < 4.78 is 0. The average Bonchev–Trinajstić information content (AvgIpc) is 2.63. The fraction of sp³-hybridized carbons (Fsp3) is 0.450. The molecule has 1 amide bonds. The molecule has 24 heavy (non-hydrogen) atoms. The summed E-state index contributed by atoms with van der Waals surface area (Å²) in [5.74, 6) is 0.193. The monoisotopic (exact) mass is 325 g/mol. The highest BCUT2D eigenvalue weighted by atomic mass is 16.2. The van der Waals surface area contributed by atoms with Gasteiger partial charge in [-0.15, -0.1) is 0 Å². The van der Waals surface area contributed by atoms with Crippen LogP contribution in [0.5, 0.6) is 0 Å². The van der Waals surface area contributed by atoms with Crippen molar-refractivity contribution in [2.75, 3.05) is 50.7 Å². The Morgan fingerprint density at radius 2 is 1.62 bits per heavy atom. The second kappa shape index (κ2) is 7.77. The molecule has 2 aromatic rings. The smallest absolute Gasteiger partial charge is 0.241 e. The lowest BCUT2D eigenvalue weighted by molar-refractivity contribution is -0.120. The predicted molar refractivity (Wildman–Crippen MR) is 101 cm³/mol. The van der Waals surface area contributed by atoms with E-state index in [0.717, 1.165) is 43.8 Å². The number of hydrogen-bond donors (Lipinski definition) is 0. The summed E-state index contributed by atoms with van der Waals surface area (Å²) in [5.41, 5.74) is 1.02. The van der Waals surface area contributed by atoms with E-state index < -0.39 is 0 Å².